The first-order valence-electron chi connectivity index (χ1n) is 10.8. The molecule has 0 unspecified atom stereocenters. The van der Waals surface area contributed by atoms with E-state index in [1.165, 1.54) is 12.8 Å². The number of benzene rings is 1. The lowest BCUT2D eigenvalue weighted by Crippen LogP contribution is -2.58. The number of carbonyl (C=O) groups is 2. The molecule has 29 heavy (non-hydrogen) atoms. The number of rotatable bonds is 6. The van der Waals surface area contributed by atoms with Crippen molar-refractivity contribution in [3.05, 3.63) is 24.3 Å². The maximum atomic E-state index is 12.9. The molecule has 0 saturated carbocycles. The lowest BCUT2D eigenvalue weighted by molar-refractivity contribution is -0.126. The van der Waals surface area contributed by atoms with Gasteiger partial charge in [-0.05, 0) is 58.0 Å². The zero-order valence-corrected chi connectivity index (χ0v) is 17.8. The van der Waals surface area contributed by atoms with E-state index in [0.29, 0.717) is 17.9 Å². The van der Waals surface area contributed by atoms with Crippen molar-refractivity contribution in [3.8, 4) is 0 Å². The van der Waals surface area contributed by atoms with Gasteiger partial charge in [-0.2, -0.15) is 0 Å². The molecule has 2 heterocycles. The van der Waals surface area contributed by atoms with E-state index in [1.807, 2.05) is 38.1 Å². The number of piperazine rings is 1. The van der Waals surface area contributed by atoms with Crippen LogP contribution < -0.4 is 16.0 Å². The van der Waals surface area contributed by atoms with Gasteiger partial charge in [-0.1, -0.05) is 18.9 Å². The Bertz CT molecular complexity index is 692. The van der Waals surface area contributed by atoms with E-state index < -0.39 is 5.54 Å². The monoisotopic (exact) mass is 401 g/mol. The minimum atomic E-state index is -0.589. The van der Waals surface area contributed by atoms with Crippen LogP contribution in [0.5, 0.6) is 0 Å². The number of nitrogens with one attached hydrogen (secondary N) is 3. The Kier molecular flexibility index (Phi) is 7.64. The second kappa shape index (κ2) is 10.2. The van der Waals surface area contributed by atoms with Crippen molar-refractivity contribution in [3.63, 3.8) is 0 Å². The third kappa shape index (κ3) is 6.26. The largest absolute Gasteiger partial charge is 0.325 e. The van der Waals surface area contributed by atoms with E-state index in [2.05, 4.69) is 25.8 Å². The van der Waals surface area contributed by atoms with Crippen LogP contribution in [0.25, 0.3) is 0 Å². The zero-order valence-electron chi connectivity index (χ0n) is 17.8. The first-order valence-corrected chi connectivity index (χ1v) is 10.8. The van der Waals surface area contributed by atoms with E-state index in [1.54, 1.807) is 0 Å². The molecule has 2 fully saturated rings. The highest BCUT2D eigenvalue weighted by molar-refractivity contribution is 5.98. The summed E-state index contributed by atoms with van der Waals surface area (Å²) in [7, 11) is 0. The van der Waals surface area contributed by atoms with Crippen LogP contribution in [0.15, 0.2) is 24.3 Å². The van der Waals surface area contributed by atoms with Crippen LogP contribution in [-0.4, -0.2) is 73.0 Å². The molecule has 1 aromatic carbocycles. The molecule has 3 N–H and O–H groups in total. The highest BCUT2D eigenvalue weighted by Gasteiger charge is 2.35. The molecule has 2 saturated heterocycles. The van der Waals surface area contributed by atoms with E-state index >= 15 is 0 Å². The maximum Gasteiger partial charge on any atom is 0.244 e. The molecule has 2 aliphatic rings. The van der Waals surface area contributed by atoms with Crippen molar-refractivity contribution in [2.75, 3.05) is 56.4 Å². The quantitative estimate of drug-likeness (QED) is 0.681. The van der Waals surface area contributed by atoms with Crippen LogP contribution in [0.4, 0.5) is 11.4 Å². The van der Waals surface area contributed by atoms with Crippen LogP contribution in [0, 0.1) is 0 Å². The van der Waals surface area contributed by atoms with Crippen LogP contribution in [-0.2, 0) is 9.59 Å². The fourth-order valence-electron chi connectivity index (χ4n) is 4.02. The summed E-state index contributed by atoms with van der Waals surface area (Å²) >= 11 is 0. The molecule has 160 valence electrons. The molecule has 7 heteroatoms. The number of amides is 2. The van der Waals surface area contributed by atoms with Crippen molar-refractivity contribution < 1.29 is 9.59 Å². The Hall–Kier alpha value is -1.96. The average Bonchev–Trinajstić information content (AvgIpc) is 2.97. The van der Waals surface area contributed by atoms with Crippen molar-refractivity contribution in [1.82, 2.24) is 15.1 Å². The summed E-state index contributed by atoms with van der Waals surface area (Å²) in [5.74, 6) is -0.0380. The lowest BCUT2D eigenvalue weighted by Gasteiger charge is -2.39. The molecular weight excluding hydrogens is 366 g/mol. The fraction of sp³-hybridized carbons (Fsp3) is 0.636. The lowest BCUT2D eigenvalue weighted by atomic mass is 10.0. The highest BCUT2D eigenvalue weighted by atomic mass is 16.2. The molecule has 1 aromatic rings. The number of hydrogen-bond acceptors (Lipinski definition) is 5. The summed E-state index contributed by atoms with van der Waals surface area (Å²) in [4.78, 5) is 29.8. The molecule has 0 aromatic heterocycles. The first kappa shape index (κ1) is 21.7. The van der Waals surface area contributed by atoms with Gasteiger partial charge in [0.25, 0.3) is 0 Å². The van der Waals surface area contributed by atoms with Gasteiger partial charge in [0.05, 0.1) is 12.1 Å². The van der Waals surface area contributed by atoms with E-state index in [9.17, 15) is 9.59 Å². The van der Waals surface area contributed by atoms with Gasteiger partial charge in [0, 0.05) is 37.6 Å². The van der Waals surface area contributed by atoms with Gasteiger partial charge in [-0.15, -0.1) is 0 Å². The molecule has 2 aliphatic heterocycles. The Balaban J connectivity index is 1.55. The number of carbonyl (C=O) groups excluding carboxylic acids is 2. The average molecular weight is 402 g/mol. The Morgan fingerprint density at radius 1 is 0.966 bits per heavy atom. The van der Waals surface area contributed by atoms with Crippen molar-refractivity contribution in [2.24, 2.45) is 0 Å². The van der Waals surface area contributed by atoms with E-state index in [4.69, 9.17) is 0 Å². The standard InChI is InChI=1S/C22H35N5O2/c1-22(2,27-14-10-23-11-15-27)21(29)25-19-9-7-8-18(16-19)24-20(28)17-26-12-5-3-4-6-13-26/h7-9,16,23H,3-6,10-15,17H2,1-2H3,(H,24,28)(H,25,29). The van der Waals surface area contributed by atoms with Crippen LogP contribution >= 0.6 is 0 Å². The molecule has 7 nitrogen and oxygen atoms in total. The highest BCUT2D eigenvalue weighted by Crippen LogP contribution is 2.21. The Morgan fingerprint density at radius 2 is 1.59 bits per heavy atom. The molecule has 0 bridgehead atoms. The predicted molar refractivity (Wildman–Crippen MR) is 117 cm³/mol. The maximum absolute atomic E-state index is 12.9. The number of nitrogens with zero attached hydrogens (tertiary/aromatic N) is 2. The molecule has 0 aliphatic carbocycles. The third-order valence-corrected chi connectivity index (χ3v) is 5.93. The summed E-state index contributed by atoms with van der Waals surface area (Å²) in [5.41, 5.74) is 0.821. The molecule has 0 radical (unpaired) electrons. The first-order chi connectivity index (χ1) is 13.9. The van der Waals surface area contributed by atoms with Crippen molar-refractivity contribution in [1.29, 1.82) is 0 Å². The molecule has 2 amide bonds. The molecule has 3 rings (SSSR count). The predicted octanol–water partition coefficient (Wildman–Crippen LogP) is 2.12. The van der Waals surface area contributed by atoms with Crippen LogP contribution in [0.2, 0.25) is 0 Å². The number of hydrogen-bond donors (Lipinski definition) is 3. The van der Waals surface area contributed by atoms with Gasteiger partial charge in [-0.25, -0.2) is 0 Å². The summed E-state index contributed by atoms with van der Waals surface area (Å²) in [6, 6.07) is 7.40. The van der Waals surface area contributed by atoms with E-state index in [-0.39, 0.29) is 11.8 Å². The topological polar surface area (TPSA) is 76.7 Å². The molecular formula is C22H35N5O2. The normalized spacial score (nSPS) is 19.4. The number of anilines is 2. The zero-order chi connectivity index (χ0) is 20.7. The second-order valence-corrected chi connectivity index (χ2v) is 8.57. The van der Waals surface area contributed by atoms with Gasteiger partial charge in [0.15, 0.2) is 0 Å². The summed E-state index contributed by atoms with van der Waals surface area (Å²) in [6.07, 6.45) is 4.84. The summed E-state index contributed by atoms with van der Waals surface area (Å²) in [6.45, 7) is 9.83. The summed E-state index contributed by atoms with van der Waals surface area (Å²) in [5, 5.41) is 9.31. The SMILES string of the molecule is CC(C)(C(=O)Nc1cccc(NC(=O)CN2CCCCCC2)c1)N1CCNCC1. The second-order valence-electron chi connectivity index (χ2n) is 8.57. The van der Waals surface area contributed by atoms with Gasteiger partial charge in [0.1, 0.15) is 0 Å². The Labute approximate surface area is 174 Å². The van der Waals surface area contributed by atoms with Crippen molar-refractivity contribution in [2.45, 2.75) is 45.1 Å². The van der Waals surface area contributed by atoms with Gasteiger partial charge in [0.2, 0.25) is 11.8 Å². The van der Waals surface area contributed by atoms with Gasteiger partial charge in [-0.3, -0.25) is 19.4 Å². The van der Waals surface area contributed by atoms with Gasteiger partial charge < -0.3 is 16.0 Å². The molecule has 0 spiro atoms. The minimum Gasteiger partial charge on any atom is -0.325 e. The third-order valence-electron chi connectivity index (χ3n) is 5.93. The summed E-state index contributed by atoms with van der Waals surface area (Å²) < 4.78 is 0. The molecule has 0 atom stereocenters. The fourth-order valence-corrected chi connectivity index (χ4v) is 4.02. The minimum absolute atomic E-state index is 0.00322. The Morgan fingerprint density at radius 3 is 2.24 bits per heavy atom. The number of likely N-dealkylation sites (tertiary alicyclic amines) is 1. The van der Waals surface area contributed by atoms with E-state index in [0.717, 1.165) is 52.1 Å². The smallest absolute Gasteiger partial charge is 0.244 e. The van der Waals surface area contributed by atoms with Crippen LogP contribution in [0.3, 0.4) is 0 Å². The van der Waals surface area contributed by atoms with Crippen molar-refractivity contribution >= 4 is 23.2 Å². The van der Waals surface area contributed by atoms with Gasteiger partial charge >= 0.3 is 0 Å². The van der Waals surface area contributed by atoms with Crippen LogP contribution in [0.1, 0.15) is 39.5 Å².